The minimum atomic E-state index is 0.574. The Labute approximate surface area is 174 Å². The van der Waals surface area contributed by atoms with E-state index in [-0.39, 0.29) is 0 Å². The number of hydrogen-bond donors (Lipinski definition) is 1. The number of nitrogens with one attached hydrogen (secondary N) is 1. The number of nitrogens with zero attached hydrogens (tertiary/aromatic N) is 1. The second kappa shape index (κ2) is 6.25. The van der Waals surface area contributed by atoms with Crippen LogP contribution < -0.4 is 10.1 Å². The average Bonchev–Trinajstić information content (AvgIpc) is 3.08. The van der Waals surface area contributed by atoms with Crippen LogP contribution in [0.4, 0.5) is 5.69 Å². The van der Waals surface area contributed by atoms with Gasteiger partial charge in [-0.25, -0.2) is 0 Å². The number of benzene rings is 1. The van der Waals surface area contributed by atoms with Gasteiger partial charge in [-0.3, -0.25) is 0 Å². The van der Waals surface area contributed by atoms with Crippen molar-refractivity contribution in [1.29, 1.82) is 0 Å². The Morgan fingerprint density at radius 2 is 2.07 bits per heavy atom. The maximum absolute atomic E-state index is 6.90. The third-order valence-electron chi connectivity index (χ3n) is 8.09. The van der Waals surface area contributed by atoms with Crippen LogP contribution in [0.1, 0.15) is 62.6 Å². The molecule has 152 valence electrons. The summed E-state index contributed by atoms with van der Waals surface area (Å²) in [6.45, 7) is 8.29. The van der Waals surface area contributed by atoms with Gasteiger partial charge in [0.2, 0.25) is 0 Å². The van der Waals surface area contributed by atoms with Gasteiger partial charge in [0.25, 0.3) is 0 Å². The van der Waals surface area contributed by atoms with Gasteiger partial charge < -0.3 is 14.5 Å². The smallest absolute Gasteiger partial charge is 0.140 e. The SMILES string of the molecule is CCCc1cc2c(c3c1NCCC3)OC1=C3CCC[N+]4(C)CCC(=CC1=C2C)C34. The van der Waals surface area contributed by atoms with Gasteiger partial charge >= 0.3 is 0 Å². The Morgan fingerprint density at radius 1 is 1.17 bits per heavy atom. The fourth-order valence-electron chi connectivity index (χ4n) is 6.70. The molecule has 2 unspecified atom stereocenters. The van der Waals surface area contributed by atoms with Gasteiger partial charge in [0.05, 0.1) is 20.1 Å². The molecule has 0 spiro atoms. The van der Waals surface area contributed by atoms with E-state index >= 15 is 0 Å². The van der Waals surface area contributed by atoms with Crippen LogP contribution in [0.25, 0.3) is 5.57 Å². The van der Waals surface area contributed by atoms with Crippen LogP contribution in [0.15, 0.2) is 34.6 Å². The second-order valence-electron chi connectivity index (χ2n) is 9.94. The Hall–Kier alpha value is -2.00. The van der Waals surface area contributed by atoms with E-state index in [0.29, 0.717) is 6.04 Å². The average molecular weight is 390 g/mol. The van der Waals surface area contributed by atoms with Gasteiger partial charge in [-0.15, -0.1) is 0 Å². The molecule has 0 amide bonds. The Kier molecular flexibility index (Phi) is 3.84. The molecule has 3 nitrogen and oxygen atoms in total. The van der Waals surface area contributed by atoms with Crippen molar-refractivity contribution in [2.45, 2.75) is 64.8 Å². The number of likely N-dealkylation sites (N-methyl/N-ethyl adjacent to an activating group) is 1. The normalized spacial score (nSPS) is 29.3. The van der Waals surface area contributed by atoms with E-state index in [0.717, 1.165) is 25.1 Å². The topological polar surface area (TPSA) is 21.3 Å². The minimum absolute atomic E-state index is 0.574. The highest BCUT2D eigenvalue weighted by Gasteiger charge is 2.50. The van der Waals surface area contributed by atoms with Crippen LogP contribution in [0.3, 0.4) is 0 Å². The molecule has 1 aromatic carbocycles. The quantitative estimate of drug-likeness (QED) is 0.687. The number of quaternary nitrogens is 1. The largest absolute Gasteiger partial charge is 0.456 e. The second-order valence-corrected chi connectivity index (χ2v) is 9.94. The summed E-state index contributed by atoms with van der Waals surface area (Å²) in [5.74, 6) is 2.37. The van der Waals surface area contributed by atoms with E-state index in [1.807, 2.05) is 0 Å². The summed E-state index contributed by atoms with van der Waals surface area (Å²) in [4.78, 5) is 0. The van der Waals surface area contributed by atoms with Crippen molar-refractivity contribution in [2.75, 3.05) is 32.0 Å². The molecule has 1 N–H and O–H groups in total. The summed E-state index contributed by atoms with van der Waals surface area (Å²) in [6.07, 6.45) is 10.9. The third kappa shape index (κ3) is 2.40. The molecule has 4 heterocycles. The van der Waals surface area contributed by atoms with Crippen LogP contribution >= 0.6 is 0 Å². The van der Waals surface area contributed by atoms with Crippen molar-refractivity contribution < 1.29 is 9.22 Å². The number of rotatable bonds is 2. The van der Waals surface area contributed by atoms with Gasteiger partial charge in [0, 0.05) is 47.3 Å². The number of fused-ring (bicyclic) bond motifs is 4. The van der Waals surface area contributed by atoms with Gasteiger partial charge in [-0.2, -0.15) is 0 Å². The minimum Gasteiger partial charge on any atom is -0.456 e. The Bertz CT molecular complexity index is 1010. The Balaban J connectivity index is 1.58. The van der Waals surface area contributed by atoms with Crippen LogP contribution in [-0.2, 0) is 12.8 Å². The number of allylic oxidation sites excluding steroid dienone is 2. The zero-order valence-corrected chi connectivity index (χ0v) is 18.2. The standard InChI is InChI=1S/C26H33N2O/c1-4-7-17-14-21-16(2)22-15-18-10-13-28(3)12-6-9-20(24(18)28)26(22)29-25(21)19-8-5-11-27-23(17)19/h14-15,24,27H,4-13H2,1-3H3/q+1. The molecule has 2 saturated heterocycles. The van der Waals surface area contributed by atoms with Crippen LogP contribution in [0, 0.1) is 0 Å². The van der Waals surface area contributed by atoms with Crippen molar-refractivity contribution in [1.82, 2.24) is 0 Å². The highest BCUT2D eigenvalue weighted by Crippen LogP contribution is 2.52. The molecule has 29 heavy (non-hydrogen) atoms. The number of anilines is 1. The van der Waals surface area contributed by atoms with Crippen LogP contribution in [0.5, 0.6) is 5.75 Å². The first-order chi connectivity index (χ1) is 14.1. The van der Waals surface area contributed by atoms with Crippen molar-refractivity contribution in [3.63, 3.8) is 0 Å². The summed E-state index contributed by atoms with van der Waals surface area (Å²) >= 11 is 0. The number of aryl methyl sites for hydroxylation is 1. The van der Waals surface area contributed by atoms with Gasteiger partial charge in [-0.1, -0.05) is 13.3 Å². The molecule has 0 aromatic heterocycles. The van der Waals surface area contributed by atoms with E-state index in [4.69, 9.17) is 4.74 Å². The lowest BCUT2D eigenvalue weighted by Crippen LogP contribution is -2.53. The Morgan fingerprint density at radius 3 is 2.93 bits per heavy atom. The number of hydrogen-bond acceptors (Lipinski definition) is 2. The first-order valence-corrected chi connectivity index (χ1v) is 11.7. The molecule has 0 bridgehead atoms. The maximum Gasteiger partial charge on any atom is 0.140 e. The van der Waals surface area contributed by atoms with E-state index in [1.165, 1.54) is 89.0 Å². The summed E-state index contributed by atoms with van der Waals surface area (Å²) in [7, 11) is 2.46. The lowest BCUT2D eigenvalue weighted by atomic mass is 9.79. The lowest BCUT2D eigenvalue weighted by molar-refractivity contribution is -0.916. The predicted octanol–water partition coefficient (Wildman–Crippen LogP) is 5.37. The molecule has 0 saturated carbocycles. The fourth-order valence-corrected chi connectivity index (χ4v) is 6.70. The van der Waals surface area contributed by atoms with Crippen molar-refractivity contribution in [3.8, 4) is 5.75 Å². The highest BCUT2D eigenvalue weighted by atomic mass is 16.5. The monoisotopic (exact) mass is 389 g/mol. The molecule has 1 aromatic rings. The first-order valence-electron chi connectivity index (χ1n) is 11.7. The van der Waals surface area contributed by atoms with Crippen LogP contribution in [-0.4, -0.2) is 37.2 Å². The van der Waals surface area contributed by atoms with Crippen molar-refractivity contribution in [2.24, 2.45) is 0 Å². The zero-order valence-electron chi connectivity index (χ0n) is 18.2. The molecular weight excluding hydrogens is 356 g/mol. The zero-order chi connectivity index (χ0) is 19.8. The molecule has 5 aliphatic rings. The van der Waals surface area contributed by atoms with Gasteiger partial charge in [0.15, 0.2) is 0 Å². The number of ether oxygens (including phenoxy) is 1. The van der Waals surface area contributed by atoms with Gasteiger partial charge in [-0.05, 0) is 61.5 Å². The molecule has 2 fully saturated rings. The van der Waals surface area contributed by atoms with E-state index in [9.17, 15) is 0 Å². The van der Waals surface area contributed by atoms with E-state index in [1.54, 1.807) is 11.1 Å². The predicted molar refractivity (Wildman–Crippen MR) is 119 cm³/mol. The summed E-state index contributed by atoms with van der Waals surface area (Å²) in [5, 5.41) is 3.71. The fraction of sp³-hybridized carbons (Fsp3) is 0.538. The summed E-state index contributed by atoms with van der Waals surface area (Å²) in [6, 6.07) is 3.00. The molecule has 3 heteroatoms. The molecule has 1 aliphatic carbocycles. The van der Waals surface area contributed by atoms with E-state index in [2.05, 4.69) is 38.4 Å². The molecule has 0 radical (unpaired) electrons. The molecular formula is C26H33N2O+. The molecule has 4 aliphatic heterocycles. The molecule has 6 rings (SSSR count). The first kappa shape index (κ1) is 17.8. The van der Waals surface area contributed by atoms with Crippen molar-refractivity contribution >= 4 is 11.3 Å². The summed E-state index contributed by atoms with van der Waals surface area (Å²) in [5.41, 5.74) is 11.7. The lowest BCUT2D eigenvalue weighted by Gasteiger charge is -2.44. The van der Waals surface area contributed by atoms with Crippen molar-refractivity contribution in [3.05, 3.63) is 51.3 Å². The highest BCUT2D eigenvalue weighted by molar-refractivity contribution is 5.85. The van der Waals surface area contributed by atoms with Crippen LogP contribution in [0.2, 0.25) is 0 Å². The number of piperidine rings is 1. The third-order valence-corrected chi connectivity index (χ3v) is 8.09. The maximum atomic E-state index is 6.90. The summed E-state index contributed by atoms with van der Waals surface area (Å²) < 4.78 is 8.10. The van der Waals surface area contributed by atoms with E-state index < -0.39 is 0 Å². The van der Waals surface area contributed by atoms with Gasteiger partial charge in [0.1, 0.15) is 17.6 Å². The molecule has 2 atom stereocenters.